The second kappa shape index (κ2) is 9.38. The zero-order valence-corrected chi connectivity index (χ0v) is 21.5. The molecular weight excluding hydrogens is 466 g/mol. The van der Waals surface area contributed by atoms with Crippen molar-refractivity contribution in [3.8, 4) is 5.69 Å². The summed E-state index contributed by atoms with van der Waals surface area (Å²) in [6.45, 7) is 0. The Kier molecular flexibility index (Phi) is 5.70. The Morgan fingerprint density at radius 3 is 1.92 bits per heavy atom. The summed E-state index contributed by atoms with van der Waals surface area (Å²) in [7, 11) is 0. The van der Waals surface area contributed by atoms with Crippen LogP contribution < -0.4 is 4.57 Å². The Morgan fingerprint density at radius 2 is 1.26 bits per heavy atom. The van der Waals surface area contributed by atoms with E-state index in [0.29, 0.717) is 0 Å². The van der Waals surface area contributed by atoms with Crippen LogP contribution in [0.3, 0.4) is 0 Å². The van der Waals surface area contributed by atoms with Gasteiger partial charge in [-0.05, 0) is 71.6 Å². The second-order valence-electron chi connectivity index (χ2n) is 10.7. The van der Waals surface area contributed by atoms with E-state index in [1.807, 2.05) is 60.7 Å². The van der Waals surface area contributed by atoms with Crippen molar-refractivity contribution in [2.45, 2.75) is 50.2 Å². The topological polar surface area (TPSA) is 41.9 Å². The van der Waals surface area contributed by atoms with Crippen LogP contribution in [0, 0.1) is 0 Å². The minimum atomic E-state index is -1.15. The molecule has 1 aliphatic heterocycles. The molecule has 4 aliphatic carbocycles. The average Bonchev–Trinajstić information content (AvgIpc) is 3.56. The summed E-state index contributed by atoms with van der Waals surface area (Å²) < 4.78 is 4.28. The number of benzene rings is 4. The summed E-state index contributed by atoms with van der Waals surface area (Å²) >= 11 is 0. The molecule has 0 saturated heterocycles. The van der Waals surface area contributed by atoms with Gasteiger partial charge in [0, 0.05) is 11.5 Å². The van der Waals surface area contributed by atoms with Crippen molar-refractivity contribution in [2.75, 3.05) is 0 Å². The van der Waals surface area contributed by atoms with Crippen molar-refractivity contribution in [2.24, 2.45) is 0 Å². The number of hydrogen-bond donors (Lipinski definition) is 1. The van der Waals surface area contributed by atoms with E-state index in [-0.39, 0.29) is 6.04 Å². The number of hydrogen-bond acceptors (Lipinski definition) is 2. The summed E-state index contributed by atoms with van der Waals surface area (Å²) in [5, 5.41) is 17.6. The first-order valence-corrected chi connectivity index (χ1v) is 13.7. The fourth-order valence-corrected chi connectivity index (χ4v) is 6.32. The Hall–Kier alpha value is -4.02. The number of nitrogens with zero attached hydrogens (tertiary/aromatic N) is 3. The molecule has 2 heterocycles. The Labute approximate surface area is 223 Å². The lowest BCUT2D eigenvalue weighted by Gasteiger charge is -2.34. The van der Waals surface area contributed by atoms with Crippen molar-refractivity contribution in [3.63, 3.8) is 0 Å². The van der Waals surface area contributed by atoms with Gasteiger partial charge in [0.1, 0.15) is 17.3 Å². The van der Waals surface area contributed by atoms with Crippen molar-refractivity contribution in [1.82, 2.24) is 9.78 Å². The lowest BCUT2D eigenvalue weighted by Crippen LogP contribution is -2.50. The number of fused-ring (bicyclic) bond motifs is 1. The molecule has 0 saturated carbocycles. The summed E-state index contributed by atoms with van der Waals surface area (Å²) in [5.74, 6) is 1.02. The monoisotopic (exact) mass is 498 g/mol. The van der Waals surface area contributed by atoms with Crippen molar-refractivity contribution < 1.29 is 9.67 Å². The quantitative estimate of drug-likeness (QED) is 0.334. The van der Waals surface area contributed by atoms with Crippen LogP contribution in [0.1, 0.15) is 51.7 Å². The van der Waals surface area contributed by atoms with E-state index in [2.05, 4.69) is 58.0 Å². The molecular formula is C34H32N3O+. The minimum Gasteiger partial charge on any atom is -0.377 e. The predicted octanol–water partition coefficient (Wildman–Crippen LogP) is 5.47. The maximum atomic E-state index is 12.5. The molecule has 1 N–H and O–H groups in total. The predicted molar refractivity (Wildman–Crippen MR) is 148 cm³/mol. The Morgan fingerprint density at radius 1 is 0.684 bits per heavy atom. The van der Waals surface area contributed by atoms with E-state index in [4.69, 9.17) is 5.10 Å². The molecule has 188 valence electrons. The summed E-state index contributed by atoms with van der Waals surface area (Å²) in [4.78, 5) is 0. The highest BCUT2D eigenvalue weighted by Gasteiger charge is 2.48. The number of aryl methyl sites for hydroxylation is 5. The van der Waals surface area contributed by atoms with Gasteiger partial charge in [-0.2, -0.15) is 0 Å². The summed E-state index contributed by atoms with van der Waals surface area (Å²) in [6.07, 6.45) is 7.80. The highest BCUT2D eigenvalue weighted by Crippen LogP contribution is 2.41. The van der Waals surface area contributed by atoms with Crippen LogP contribution in [0.5, 0.6) is 0 Å². The molecule has 0 spiro atoms. The Bertz CT molecular complexity index is 1530. The average molecular weight is 499 g/mol. The molecule has 5 aliphatic rings. The van der Waals surface area contributed by atoms with Crippen molar-refractivity contribution >= 4 is 0 Å². The molecule has 38 heavy (non-hydrogen) atoms. The van der Waals surface area contributed by atoms with Crippen LogP contribution in [0.25, 0.3) is 5.69 Å². The van der Waals surface area contributed by atoms with Gasteiger partial charge in [0.25, 0.3) is 5.82 Å². The van der Waals surface area contributed by atoms with Crippen LogP contribution in [0.15, 0.2) is 109 Å². The lowest BCUT2D eigenvalue weighted by atomic mass is 9.79. The van der Waals surface area contributed by atoms with Gasteiger partial charge in [-0.3, -0.25) is 0 Å². The van der Waals surface area contributed by atoms with Crippen LogP contribution in [0.2, 0.25) is 0 Å². The van der Waals surface area contributed by atoms with Gasteiger partial charge in [0.05, 0.1) is 0 Å². The molecule has 1 atom stereocenters. The SMILES string of the molecule is OC(c1ccccc1)(c1ccccc1)[C@@H]1CCc2nn(-c3cc4ccc3CCc3ccc(cc3)CC4)c[n+]21. The second-order valence-corrected chi connectivity index (χ2v) is 10.7. The van der Waals surface area contributed by atoms with Crippen LogP contribution in [-0.4, -0.2) is 14.9 Å². The van der Waals surface area contributed by atoms with Crippen LogP contribution in [-0.2, 0) is 37.7 Å². The van der Waals surface area contributed by atoms with Gasteiger partial charge in [-0.25, -0.2) is 4.57 Å². The summed E-state index contributed by atoms with van der Waals surface area (Å²) in [6, 6.07) is 36.0. The fraction of sp³-hybridized carbons (Fsp3) is 0.235. The zero-order valence-electron chi connectivity index (χ0n) is 21.5. The largest absolute Gasteiger partial charge is 0.377 e. The minimum absolute atomic E-state index is 0.147. The molecule has 4 bridgehead atoms. The molecule has 0 radical (unpaired) electrons. The van der Waals surface area contributed by atoms with E-state index in [1.54, 1.807) is 0 Å². The Balaban J connectivity index is 1.30. The molecule has 0 unspecified atom stereocenters. The third kappa shape index (κ3) is 3.97. The van der Waals surface area contributed by atoms with E-state index in [9.17, 15) is 5.11 Å². The van der Waals surface area contributed by atoms with Crippen LogP contribution in [0.4, 0.5) is 0 Å². The molecule has 4 nitrogen and oxygen atoms in total. The first kappa shape index (κ1) is 23.1. The van der Waals surface area contributed by atoms with Gasteiger partial charge in [-0.1, -0.05) is 102 Å². The first-order valence-electron chi connectivity index (χ1n) is 13.7. The van der Waals surface area contributed by atoms with Crippen molar-refractivity contribution in [1.29, 1.82) is 0 Å². The van der Waals surface area contributed by atoms with Gasteiger partial charge in [-0.15, -0.1) is 0 Å². The molecule has 10 rings (SSSR count). The maximum absolute atomic E-state index is 12.5. The smallest absolute Gasteiger partial charge is 0.278 e. The maximum Gasteiger partial charge on any atom is 0.278 e. The van der Waals surface area contributed by atoms with Gasteiger partial charge < -0.3 is 5.11 Å². The lowest BCUT2D eigenvalue weighted by molar-refractivity contribution is -0.731. The zero-order chi connectivity index (χ0) is 25.5. The van der Waals surface area contributed by atoms with E-state index in [1.165, 1.54) is 22.3 Å². The molecule has 0 fully saturated rings. The van der Waals surface area contributed by atoms with Gasteiger partial charge >= 0.3 is 0 Å². The van der Waals surface area contributed by atoms with E-state index < -0.39 is 5.60 Å². The van der Waals surface area contributed by atoms with Crippen LogP contribution >= 0.6 is 0 Å². The summed E-state index contributed by atoms with van der Waals surface area (Å²) in [5.41, 5.74) is 7.21. The van der Waals surface area contributed by atoms with Crippen molar-refractivity contribution in [3.05, 3.63) is 149 Å². The third-order valence-electron chi connectivity index (χ3n) is 8.45. The first-order chi connectivity index (χ1) is 18.7. The normalized spacial score (nSPS) is 16.7. The standard InChI is InChI=1S/C34H32N3O/c38-34(29-7-3-1-4-8-29,30-9-5-2-6-10-30)32-21-22-33-35-37(24-36(32)33)31-23-27-16-15-25-11-13-26(14-12-25)17-19-28(31)20-18-27/h1-14,18,20,23-24,32,38H,15-17,19,21-22H2/q+1/t32-/m0/s1. The van der Waals surface area contributed by atoms with E-state index >= 15 is 0 Å². The van der Waals surface area contributed by atoms with Gasteiger partial charge in [0.2, 0.25) is 6.33 Å². The number of aliphatic hydroxyl groups is 1. The number of aromatic nitrogens is 3. The molecule has 4 aromatic carbocycles. The molecule has 0 amide bonds. The molecule has 5 aromatic rings. The number of rotatable bonds is 4. The highest BCUT2D eigenvalue weighted by atomic mass is 16.3. The molecule has 1 aromatic heterocycles. The highest BCUT2D eigenvalue weighted by molar-refractivity contribution is 5.45. The fourth-order valence-electron chi connectivity index (χ4n) is 6.32. The van der Waals surface area contributed by atoms with E-state index in [0.717, 1.165) is 61.2 Å². The molecule has 4 heteroatoms. The third-order valence-corrected chi connectivity index (χ3v) is 8.45. The van der Waals surface area contributed by atoms with Gasteiger partial charge in [0.15, 0.2) is 0 Å².